The normalized spacial score (nSPS) is 14.3. The van der Waals surface area contributed by atoms with Gasteiger partial charge in [0, 0.05) is 25.2 Å². The zero-order valence-electron chi connectivity index (χ0n) is 14.7. The minimum absolute atomic E-state index is 0.0507. The van der Waals surface area contributed by atoms with Gasteiger partial charge in [-0.15, -0.1) is 0 Å². The molecule has 2 aromatic rings. The van der Waals surface area contributed by atoms with Crippen molar-refractivity contribution in [1.29, 1.82) is 0 Å². The van der Waals surface area contributed by atoms with Crippen LogP contribution in [0.25, 0.3) is 0 Å². The molecule has 1 aromatic heterocycles. The Kier molecular flexibility index (Phi) is 6.21. The Labute approximate surface area is 154 Å². The molecule has 0 aliphatic carbocycles. The number of aromatic nitrogens is 2. The van der Waals surface area contributed by atoms with E-state index < -0.39 is 18.4 Å². The number of aryl methyl sites for hydroxylation is 2. The third kappa shape index (κ3) is 5.36. The number of benzene rings is 1. The zero-order valence-corrected chi connectivity index (χ0v) is 15.4. The quantitative estimate of drug-likeness (QED) is 0.760. The Bertz CT molecular complexity index is 760. The van der Waals surface area contributed by atoms with Gasteiger partial charge in [0.05, 0.1) is 16.9 Å². The fraction of sp³-hybridized carbons (Fsp3) is 0.471. The van der Waals surface area contributed by atoms with Gasteiger partial charge in [0.25, 0.3) is 0 Å². The third-order valence-corrected chi connectivity index (χ3v) is 4.11. The molecule has 0 saturated heterocycles. The Hall–Kier alpha value is -1.77. The van der Waals surface area contributed by atoms with E-state index in [-0.39, 0.29) is 19.0 Å². The maximum Gasteiger partial charge on any atom is 0.422 e. The van der Waals surface area contributed by atoms with E-state index in [4.69, 9.17) is 16.3 Å². The molecule has 0 bridgehead atoms. The monoisotopic (exact) mass is 391 g/mol. The van der Waals surface area contributed by atoms with Gasteiger partial charge < -0.3 is 15.2 Å². The van der Waals surface area contributed by atoms with Gasteiger partial charge >= 0.3 is 6.18 Å². The lowest BCUT2D eigenvalue weighted by Gasteiger charge is -2.24. The first-order chi connectivity index (χ1) is 12.0. The number of ether oxygens (including phenoxy) is 1. The van der Waals surface area contributed by atoms with Crippen molar-refractivity contribution in [2.75, 3.05) is 13.2 Å². The predicted octanol–water partition coefficient (Wildman–Crippen LogP) is 3.32. The summed E-state index contributed by atoms with van der Waals surface area (Å²) in [6.07, 6.45) is -4.43. The van der Waals surface area contributed by atoms with E-state index in [9.17, 15) is 18.3 Å². The van der Waals surface area contributed by atoms with Crippen molar-refractivity contribution in [1.82, 2.24) is 15.1 Å². The number of halogens is 4. The summed E-state index contributed by atoms with van der Waals surface area (Å²) in [5.41, 5.74) is 0.501. The lowest BCUT2D eigenvalue weighted by atomic mass is 9.96. The highest BCUT2D eigenvalue weighted by atomic mass is 35.5. The molecule has 0 aliphatic heterocycles. The fourth-order valence-corrected chi connectivity index (χ4v) is 2.76. The van der Waals surface area contributed by atoms with Crippen LogP contribution in [0.5, 0.6) is 5.88 Å². The molecule has 0 spiro atoms. The standard InChI is InChI=1S/C17H21ClF3N3O2/c1-11-14(15(24(3)23-11)26-10-17(19,20)21)8-22-9-16(2,25)12-5-4-6-13(18)7-12/h4-7,22,25H,8-10H2,1-3H3. The molecule has 144 valence electrons. The van der Waals surface area contributed by atoms with Crippen LogP contribution in [0, 0.1) is 6.92 Å². The summed E-state index contributed by atoms with van der Waals surface area (Å²) in [4.78, 5) is 0. The van der Waals surface area contributed by atoms with Gasteiger partial charge in [-0.3, -0.25) is 0 Å². The van der Waals surface area contributed by atoms with Crippen LogP contribution in [0.3, 0.4) is 0 Å². The molecule has 0 radical (unpaired) electrons. The SMILES string of the molecule is Cc1nn(C)c(OCC(F)(F)F)c1CNCC(C)(O)c1cccc(Cl)c1. The summed E-state index contributed by atoms with van der Waals surface area (Å²) in [7, 11) is 1.52. The molecule has 2 N–H and O–H groups in total. The summed E-state index contributed by atoms with van der Waals surface area (Å²) in [6, 6.07) is 6.86. The molecule has 0 fully saturated rings. The predicted molar refractivity (Wildman–Crippen MR) is 92.2 cm³/mol. The molecule has 5 nitrogen and oxygen atoms in total. The van der Waals surface area contributed by atoms with Crippen LogP contribution in [0.2, 0.25) is 5.02 Å². The van der Waals surface area contributed by atoms with Gasteiger partial charge in [-0.1, -0.05) is 23.7 Å². The van der Waals surface area contributed by atoms with Gasteiger partial charge in [-0.2, -0.15) is 18.3 Å². The number of hydrogen-bond acceptors (Lipinski definition) is 4. The van der Waals surface area contributed by atoms with Crippen LogP contribution in [0.15, 0.2) is 24.3 Å². The van der Waals surface area contributed by atoms with E-state index in [0.717, 1.165) is 0 Å². The van der Waals surface area contributed by atoms with Crippen LogP contribution in [-0.4, -0.2) is 34.2 Å². The number of rotatable bonds is 7. The van der Waals surface area contributed by atoms with Gasteiger partial charge in [-0.05, 0) is 31.5 Å². The number of aliphatic hydroxyl groups is 1. The highest BCUT2D eigenvalue weighted by Crippen LogP contribution is 2.26. The molecule has 0 saturated carbocycles. The van der Waals surface area contributed by atoms with Gasteiger partial charge in [-0.25, -0.2) is 4.68 Å². The van der Waals surface area contributed by atoms with Crippen LogP contribution < -0.4 is 10.1 Å². The highest BCUT2D eigenvalue weighted by Gasteiger charge is 2.30. The number of alkyl halides is 3. The second-order valence-corrected chi connectivity index (χ2v) is 6.72. The number of hydrogen-bond donors (Lipinski definition) is 2. The van der Waals surface area contributed by atoms with Crippen LogP contribution in [0.1, 0.15) is 23.7 Å². The Morgan fingerprint density at radius 3 is 2.65 bits per heavy atom. The zero-order chi connectivity index (χ0) is 19.5. The van der Waals surface area contributed by atoms with Crippen LogP contribution in [0.4, 0.5) is 13.2 Å². The summed E-state index contributed by atoms with van der Waals surface area (Å²) >= 11 is 5.95. The van der Waals surface area contributed by atoms with E-state index in [1.165, 1.54) is 11.7 Å². The van der Waals surface area contributed by atoms with Crippen molar-refractivity contribution in [3.63, 3.8) is 0 Å². The molecular weight excluding hydrogens is 371 g/mol. The molecule has 1 unspecified atom stereocenters. The Morgan fingerprint density at radius 1 is 1.35 bits per heavy atom. The maximum atomic E-state index is 12.4. The fourth-order valence-electron chi connectivity index (χ4n) is 2.57. The first-order valence-corrected chi connectivity index (χ1v) is 8.28. The largest absolute Gasteiger partial charge is 0.468 e. The third-order valence-electron chi connectivity index (χ3n) is 3.88. The van der Waals surface area contributed by atoms with Crippen molar-refractivity contribution in [2.45, 2.75) is 32.2 Å². The molecular formula is C17H21ClF3N3O2. The molecule has 0 amide bonds. The smallest absolute Gasteiger partial charge is 0.422 e. The summed E-state index contributed by atoms with van der Waals surface area (Å²) in [5.74, 6) is 0.0507. The minimum atomic E-state index is -4.43. The average Bonchev–Trinajstić information content (AvgIpc) is 2.78. The second-order valence-electron chi connectivity index (χ2n) is 6.28. The van der Waals surface area contributed by atoms with Gasteiger partial charge in [0.1, 0.15) is 0 Å². The molecule has 2 rings (SSSR count). The van der Waals surface area contributed by atoms with Crippen molar-refractivity contribution >= 4 is 11.6 Å². The topological polar surface area (TPSA) is 59.3 Å². The minimum Gasteiger partial charge on any atom is -0.468 e. The maximum absolute atomic E-state index is 12.4. The van der Waals surface area contributed by atoms with Crippen molar-refractivity contribution in [3.8, 4) is 5.88 Å². The number of nitrogens with one attached hydrogen (secondary N) is 1. The lowest BCUT2D eigenvalue weighted by molar-refractivity contribution is -0.154. The summed E-state index contributed by atoms with van der Waals surface area (Å²) < 4.78 is 43.4. The van der Waals surface area contributed by atoms with Gasteiger partial charge in [0.2, 0.25) is 5.88 Å². The van der Waals surface area contributed by atoms with E-state index in [0.29, 0.717) is 21.8 Å². The van der Waals surface area contributed by atoms with Gasteiger partial charge in [0.15, 0.2) is 6.61 Å². The van der Waals surface area contributed by atoms with E-state index >= 15 is 0 Å². The molecule has 26 heavy (non-hydrogen) atoms. The summed E-state index contributed by atoms with van der Waals surface area (Å²) in [5, 5.41) is 18.3. The molecule has 0 aliphatic rings. The first-order valence-electron chi connectivity index (χ1n) is 7.91. The molecule has 1 heterocycles. The lowest BCUT2D eigenvalue weighted by Crippen LogP contribution is -2.35. The molecule has 9 heteroatoms. The van der Waals surface area contributed by atoms with E-state index in [1.54, 1.807) is 38.1 Å². The molecule has 1 aromatic carbocycles. The van der Waals surface area contributed by atoms with Crippen molar-refractivity contribution in [2.24, 2.45) is 7.05 Å². The van der Waals surface area contributed by atoms with Crippen molar-refractivity contribution < 1.29 is 23.0 Å². The highest BCUT2D eigenvalue weighted by molar-refractivity contribution is 6.30. The Balaban J connectivity index is 2.05. The second kappa shape index (κ2) is 7.85. The molecule has 1 atom stereocenters. The van der Waals surface area contributed by atoms with Crippen molar-refractivity contribution in [3.05, 3.63) is 46.1 Å². The van der Waals surface area contributed by atoms with Crippen LogP contribution in [-0.2, 0) is 19.2 Å². The van der Waals surface area contributed by atoms with E-state index in [2.05, 4.69) is 10.4 Å². The number of nitrogens with zero attached hydrogens (tertiary/aromatic N) is 2. The average molecular weight is 392 g/mol. The van der Waals surface area contributed by atoms with Crippen LogP contribution >= 0.6 is 11.6 Å². The first kappa shape index (κ1) is 20.5. The Morgan fingerprint density at radius 2 is 2.04 bits per heavy atom. The van der Waals surface area contributed by atoms with E-state index in [1.807, 2.05) is 0 Å². The summed E-state index contributed by atoms with van der Waals surface area (Å²) in [6.45, 7) is 2.29.